The van der Waals surface area contributed by atoms with Gasteiger partial charge in [-0.25, -0.2) is 4.39 Å². The number of rotatable bonds is 9. The lowest BCUT2D eigenvalue weighted by Gasteiger charge is -2.24. The SMILES string of the molecule is O=C(C1=C(O)C(=O)N(c2nnc(SCc3ccccc3F)s2)C1c1cccc(Oc2ccccc2)c1)c1cccs1. The number of hydrogen-bond acceptors (Lipinski definition) is 9. The molecule has 7 nitrogen and oxygen atoms in total. The molecule has 0 radical (unpaired) electrons. The van der Waals surface area contributed by atoms with Crippen LogP contribution in [-0.2, 0) is 10.5 Å². The maximum Gasteiger partial charge on any atom is 0.296 e. The van der Waals surface area contributed by atoms with Gasteiger partial charge in [0, 0.05) is 5.75 Å². The van der Waals surface area contributed by atoms with Gasteiger partial charge in [-0.3, -0.25) is 14.5 Å². The molecule has 0 fully saturated rings. The number of aliphatic hydroxyl groups excluding tert-OH is 1. The number of nitrogens with zero attached hydrogens (tertiary/aromatic N) is 3. The molecule has 0 saturated carbocycles. The predicted molar refractivity (Wildman–Crippen MR) is 157 cm³/mol. The summed E-state index contributed by atoms with van der Waals surface area (Å²) in [5, 5.41) is 21.4. The van der Waals surface area contributed by atoms with Crippen molar-refractivity contribution in [2.75, 3.05) is 4.90 Å². The van der Waals surface area contributed by atoms with Gasteiger partial charge >= 0.3 is 0 Å². The van der Waals surface area contributed by atoms with Crippen LogP contribution in [-0.4, -0.2) is 27.0 Å². The van der Waals surface area contributed by atoms with Crippen molar-refractivity contribution in [1.29, 1.82) is 0 Å². The number of para-hydroxylation sites is 1. The van der Waals surface area contributed by atoms with Gasteiger partial charge < -0.3 is 9.84 Å². The number of halogens is 1. The van der Waals surface area contributed by atoms with Gasteiger partial charge in [0.05, 0.1) is 16.5 Å². The van der Waals surface area contributed by atoms with E-state index in [-0.39, 0.29) is 16.5 Å². The van der Waals surface area contributed by atoms with E-state index in [1.807, 2.05) is 30.3 Å². The molecule has 41 heavy (non-hydrogen) atoms. The highest BCUT2D eigenvalue weighted by Gasteiger charge is 2.46. The zero-order valence-electron chi connectivity index (χ0n) is 21.1. The zero-order valence-corrected chi connectivity index (χ0v) is 23.6. The number of thioether (sulfide) groups is 1. The van der Waals surface area contributed by atoms with Crippen LogP contribution in [0.3, 0.4) is 0 Å². The molecule has 1 unspecified atom stereocenters. The third-order valence-electron chi connectivity index (χ3n) is 6.26. The van der Waals surface area contributed by atoms with Crippen molar-refractivity contribution in [3.05, 3.63) is 130 Å². The molecule has 204 valence electrons. The molecule has 11 heteroatoms. The minimum atomic E-state index is -0.978. The number of carbonyl (C=O) groups is 2. The van der Waals surface area contributed by atoms with Crippen molar-refractivity contribution in [2.24, 2.45) is 0 Å². The fraction of sp³-hybridized carbons (Fsp3) is 0.0667. The van der Waals surface area contributed by atoms with Gasteiger partial charge in [-0.1, -0.05) is 77.7 Å². The van der Waals surface area contributed by atoms with Crippen molar-refractivity contribution in [3.63, 3.8) is 0 Å². The molecule has 0 spiro atoms. The number of hydrogen-bond donors (Lipinski definition) is 1. The molecule has 3 heterocycles. The summed E-state index contributed by atoms with van der Waals surface area (Å²) in [6, 6.07) is 25.1. The van der Waals surface area contributed by atoms with E-state index in [9.17, 15) is 19.1 Å². The first-order valence-corrected chi connectivity index (χ1v) is 15.0. The third kappa shape index (κ3) is 5.51. The van der Waals surface area contributed by atoms with Crippen LogP contribution in [0.2, 0.25) is 0 Å². The van der Waals surface area contributed by atoms with E-state index >= 15 is 0 Å². The van der Waals surface area contributed by atoms with Gasteiger partial charge in [0.25, 0.3) is 5.91 Å². The zero-order chi connectivity index (χ0) is 28.3. The van der Waals surface area contributed by atoms with Gasteiger partial charge in [0.15, 0.2) is 10.1 Å². The lowest BCUT2D eigenvalue weighted by molar-refractivity contribution is -0.117. The molecule has 0 saturated heterocycles. The van der Waals surface area contributed by atoms with E-state index in [0.29, 0.717) is 37.6 Å². The average molecular weight is 602 g/mol. The van der Waals surface area contributed by atoms with Gasteiger partial charge in [-0.2, -0.15) is 0 Å². The molecule has 6 rings (SSSR count). The minimum absolute atomic E-state index is 0.0509. The van der Waals surface area contributed by atoms with E-state index < -0.39 is 23.5 Å². The van der Waals surface area contributed by atoms with Crippen molar-refractivity contribution in [2.45, 2.75) is 16.1 Å². The Labute approximate surface area is 246 Å². The maximum absolute atomic E-state index is 14.1. The first kappa shape index (κ1) is 26.9. The highest BCUT2D eigenvalue weighted by atomic mass is 32.2. The van der Waals surface area contributed by atoms with Crippen molar-refractivity contribution < 1.29 is 23.8 Å². The molecule has 3 aromatic carbocycles. The molecule has 1 N–H and O–H groups in total. The van der Waals surface area contributed by atoms with Crippen LogP contribution in [0.15, 0.2) is 112 Å². The monoisotopic (exact) mass is 601 g/mol. The first-order chi connectivity index (χ1) is 20.0. The smallest absolute Gasteiger partial charge is 0.296 e. The summed E-state index contributed by atoms with van der Waals surface area (Å²) < 4.78 is 20.6. The molecular formula is C30H20FN3O4S3. The number of carbonyl (C=O) groups excluding carboxylic acids is 2. The fourth-order valence-electron chi connectivity index (χ4n) is 4.38. The lowest BCUT2D eigenvalue weighted by Crippen LogP contribution is -2.31. The Morgan fingerprint density at radius 1 is 0.976 bits per heavy atom. The number of thiophene rings is 1. The summed E-state index contributed by atoms with van der Waals surface area (Å²) in [5.41, 5.74) is 1.01. The van der Waals surface area contributed by atoms with Crippen LogP contribution in [0, 0.1) is 5.82 Å². The summed E-state index contributed by atoms with van der Waals surface area (Å²) in [6.45, 7) is 0. The third-order valence-corrected chi connectivity index (χ3v) is 9.23. The van der Waals surface area contributed by atoms with Gasteiger partial charge in [0.2, 0.25) is 10.9 Å². The predicted octanol–water partition coefficient (Wildman–Crippen LogP) is 7.61. The number of benzene rings is 3. The summed E-state index contributed by atoms with van der Waals surface area (Å²) >= 11 is 3.63. The second-order valence-electron chi connectivity index (χ2n) is 8.86. The quantitative estimate of drug-likeness (QED) is 0.106. The van der Waals surface area contributed by atoms with E-state index in [1.165, 1.54) is 34.1 Å². The Morgan fingerprint density at radius 3 is 2.54 bits per heavy atom. The largest absolute Gasteiger partial charge is 0.503 e. The molecule has 1 aliphatic rings. The van der Waals surface area contributed by atoms with E-state index in [0.717, 1.165) is 11.3 Å². The lowest BCUT2D eigenvalue weighted by atomic mass is 9.95. The van der Waals surface area contributed by atoms with Gasteiger partial charge in [0.1, 0.15) is 17.3 Å². The molecule has 1 aliphatic heterocycles. The van der Waals surface area contributed by atoms with Crippen LogP contribution in [0.4, 0.5) is 9.52 Å². The maximum atomic E-state index is 14.1. The molecule has 0 bridgehead atoms. The van der Waals surface area contributed by atoms with Gasteiger partial charge in [-0.15, -0.1) is 21.5 Å². The summed E-state index contributed by atoms with van der Waals surface area (Å²) in [6.07, 6.45) is 0. The molecule has 1 atom stereocenters. The number of ketones is 1. The van der Waals surface area contributed by atoms with E-state index in [4.69, 9.17) is 4.74 Å². The van der Waals surface area contributed by atoms with Crippen LogP contribution < -0.4 is 9.64 Å². The fourth-order valence-corrected chi connectivity index (χ4v) is 6.91. The standard InChI is InChI=1S/C30H20FN3O4S3/c31-22-13-5-4-8-19(22)17-40-30-33-32-29(41-30)34-25(24(27(36)28(34)37)26(35)23-14-7-15-39-23)18-9-6-12-21(16-18)38-20-10-2-1-3-11-20/h1-16,25,36H,17H2. The second-order valence-corrected chi connectivity index (χ2v) is 12.0. The minimum Gasteiger partial charge on any atom is -0.503 e. The van der Waals surface area contributed by atoms with Crippen LogP contribution in [0.25, 0.3) is 0 Å². The van der Waals surface area contributed by atoms with Crippen molar-refractivity contribution in [3.8, 4) is 11.5 Å². The van der Waals surface area contributed by atoms with Crippen molar-refractivity contribution in [1.82, 2.24) is 10.2 Å². The Bertz CT molecular complexity index is 1760. The highest BCUT2D eigenvalue weighted by molar-refractivity contribution is 8.00. The van der Waals surface area contributed by atoms with Gasteiger partial charge in [-0.05, 0) is 52.9 Å². The summed E-state index contributed by atoms with van der Waals surface area (Å²) in [7, 11) is 0. The molecule has 2 aromatic heterocycles. The Balaban J connectivity index is 1.36. The van der Waals surface area contributed by atoms with Crippen LogP contribution in [0.5, 0.6) is 11.5 Å². The molecular weight excluding hydrogens is 582 g/mol. The number of ether oxygens (including phenoxy) is 1. The number of Topliss-reactive ketones (excluding diaryl/α,β-unsaturated/α-hetero) is 1. The highest BCUT2D eigenvalue weighted by Crippen LogP contribution is 2.45. The normalized spacial score (nSPS) is 15.0. The van der Waals surface area contributed by atoms with Crippen LogP contribution >= 0.6 is 34.4 Å². The summed E-state index contributed by atoms with van der Waals surface area (Å²) in [4.78, 5) is 28.8. The number of amides is 1. The Kier molecular flexibility index (Phi) is 7.64. The van der Waals surface area contributed by atoms with E-state index in [1.54, 1.807) is 60.0 Å². The number of anilines is 1. The van der Waals surface area contributed by atoms with E-state index in [2.05, 4.69) is 10.2 Å². The average Bonchev–Trinajstić information content (AvgIpc) is 3.74. The summed E-state index contributed by atoms with van der Waals surface area (Å²) in [5.74, 6) is -0.728. The van der Waals surface area contributed by atoms with Crippen LogP contribution in [0.1, 0.15) is 26.8 Å². The second kappa shape index (κ2) is 11.7. The Hall–Kier alpha value is -4.32. The Morgan fingerprint density at radius 2 is 1.76 bits per heavy atom. The molecule has 1 amide bonds. The molecule has 0 aliphatic carbocycles. The first-order valence-electron chi connectivity index (χ1n) is 12.4. The number of aliphatic hydroxyl groups is 1. The van der Waals surface area contributed by atoms with Crippen molar-refractivity contribution >= 4 is 51.3 Å². The molecule has 5 aromatic rings. The topological polar surface area (TPSA) is 92.6 Å². The number of aromatic nitrogens is 2.